The maximum absolute atomic E-state index is 9.04. The number of hydrogen-bond donors (Lipinski definition) is 1. The van der Waals surface area contributed by atoms with Crippen molar-refractivity contribution in [1.82, 2.24) is 4.98 Å². The molecule has 0 amide bonds. The van der Waals surface area contributed by atoms with Crippen LogP contribution in [0.3, 0.4) is 0 Å². The van der Waals surface area contributed by atoms with Gasteiger partial charge in [0.15, 0.2) is 11.2 Å². The van der Waals surface area contributed by atoms with Crippen molar-refractivity contribution in [2.24, 2.45) is 0 Å². The number of oxazole rings is 1. The summed E-state index contributed by atoms with van der Waals surface area (Å²) in [6.07, 6.45) is 0. The molecule has 3 aromatic rings. The number of benzene rings is 2. The van der Waals surface area contributed by atoms with Gasteiger partial charge in [-0.2, -0.15) is 15.8 Å². The number of para-hydroxylation sites is 2. The van der Waals surface area contributed by atoms with Gasteiger partial charge < -0.3 is 9.73 Å². The SMILES string of the molecule is N#CC(C#N)=C(C#N)Nc1ccc(-c2nc3ccccc3o2)cc1. The second-order valence-corrected chi connectivity index (χ2v) is 4.77. The molecule has 0 fully saturated rings. The average Bonchev–Trinajstić information content (AvgIpc) is 3.06. The van der Waals surface area contributed by atoms with Crippen LogP contribution in [0.4, 0.5) is 5.69 Å². The Kier molecular flexibility index (Phi) is 3.93. The first-order valence-electron chi connectivity index (χ1n) is 6.92. The van der Waals surface area contributed by atoms with E-state index in [-0.39, 0.29) is 11.3 Å². The Morgan fingerprint density at radius 1 is 0.917 bits per heavy atom. The van der Waals surface area contributed by atoms with Gasteiger partial charge in [0.25, 0.3) is 0 Å². The van der Waals surface area contributed by atoms with E-state index in [1.54, 1.807) is 36.4 Å². The van der Waals surface area contributed by atoms with E-state index in [0.717, 1.165) is 11.1 Å². The van der Waals surface area contributed by atoms with Crippen molar-refractivity contribution in [1.29, 1.82) is 15.8 Å². The molecule has 6 heteroatoms. The molecule has 6 nitrogen and oxygen atoms in total. The summed E-state index contributed by atoms with van der Waals surface area (Å²) in [6, 6.07) is 19.6. The Labute approximate surface area is 137 Å². The second kappa shape index (κ2) is 6.36. The standard InChI is InChI=1S/C18H9N5O/c19-9-13(10-20)16(11-21)22-14-7-5-12(6-8-14)18-23-15-3-1-2-4-17(15)24-18/h1-8,22H. The summed E-state index contributed by atoms with van der Waals surface area (Å²) in [4.78, 5) is 4.41. The van der Waals surface area contributed by atoms with E-state index >= 15 is 0 Å². The molecular formula is C18H9N5O. The number of allylic oxidation sites excluding steroid dienone is 2. The molecule has 0 aliphatic rings. The van der Waals surface area contributed by atoms with Crippen molar-refractivity contribution in [2.75, 3.05) is 5.32 Å². The second-order valence-electron chi connectivity index (χ2n) is 4.77. The zero-order valence-electron chi connectivity index (χ0n) is 12.3. The summed E-state index contributed by atoms with van der Waals surface area (Å²) in [5.41, 5.74) is 2.48. The molecule has 0 unspecified atom stereocenters. The lowest BCUT2D eigenvalue weighted by atomic mass is 10.2. The zero-order valence-corrected chi connectivity index (χ0v) is 12.3. The Morgan fingerprint density at radius 2 is 1.62 bits per heavy atom. The molecule has 1 aromatic heterocycles. The molecule has 2 aromatic carbocycles. The molecule has 112 valence electrons. The van der Waals surface area contributed by atoms with Gasteiger partial charge in [-0.25, -0.2) is 4.98 Å². The number of anilines is 1. The van der Waals surface area contributed by atoms with Crippen molar-refractivity contribution in [3.8, 4) is 29.7 Å². The van der Waals surface area contributed by atoms with Crippen molar-refractivity contribution in [2.45, 2.75) is 0 Å². The quantitative estimate of drug-likeness (QED) is 0.738. The molecule has 3 rings (SSSR count). The van der Waals surface area contributed by atoms with Crippen molar-refractivity contribution in [3.05, 3.63) is 59.8 Å². The van der Waals surface area contributed by atoms with E-state index in [1.807, 2.05) is 30.3 Å². The molecule has 0 atom stereocenters. The first-order valence-corrected chi connectivity index (χ1v) is 6.92. The van der Waals surface area contributed by atoms with Gasteiger partial charge in [0.2, 0.25) is 5.89 Å². The predicted molar refractivity (Wildman–Crippen MR) is 86.9 cm³/mol. The van der Waals surface area contributed by atoms with Gasteiger partial charge in [-0.1, -0.05) is 12.1 Å². The molecule has 0 bridgehead atoms. The minimum absolute atomic E-state index is 0.0883. The van der Waals surface area contributed by atoms with Gasteiger partial charge in [-0.05, 0) is 36.4 Å². The third kappa shape index (κ3) is 2.78. The number of aromatic nitrogens is 1. The van der Waals surface area contributed by atoms with Crippen LogP contribution in [-0.2, 0) is 0 Å². The van der Waals surface area contributed by atoms with Crippen LogP contribution in [-0.4, -0.2) is 4.98 Å². The van der Waals surface area contributed by atoms with Crippen LogP contribution in [0, 0.1) is 34.0 Å². The topological polar surface area (TPSA) is 109 Å². The summed E-state index contributed by atoms with van der Waals surface area (Å²) >= 11 is 0. The fourth-order valence-corrected chi connectivity index (χ4v) is 2.12. The van der Waals surface area contributed by atoms with E-state index in [2.05, 4.69) is 10.3 Å². The van der Waals surface area contributed by atoms with Gasteiger partial charge in [0.05, 0.1) is 0 Å². The molecule has 0 radical (unpaired) electrons. The van der Waals surface area contributed by atoms with Gasteiger partial charge in [-0.3, -0.25) is 0 Å². The van der Waals surface area contributed by atoms with Crippen LogP contribution in [0.5, 0.6) is 0 Å². The number of nitriles is 3. The average molecular weight is 311 g/mol. The molecular weight excluding hydrogens is 302 g/mol. The summed E-state index contributed by atoms with van der Waals surface area (Å²) in [7, 11) is 0. The lowest BCUT2D eigenvalue weighted by Crippen LogP contribution is -2.00. The number of fused-ring (bicyclic) bond motifs is 1. The van der Waals surface area contributed by atoms with Gasteiger partial charge >= 0.3 is 0 Å². The van der Waals surface area contributed by atoms with Gasteiger partial charge in [-0.15, -0.1) is 0 Å². The summed E-state index contributed by atoms with van der Waals surface area (Å²) < 4.78 is 5.69. The Bertz CT molecular complexity index is 1010. The zero-order chi connectivity index (χ0) is 16.9. The molecule has 1 heterocycles. The van der Waals surface area contributed by atoms with Crippen LogP contribution >= 0.6 is 0 Å². The van der Waals surface area contributed by atoms with Crippen LogP contribution < -0.4 is 5.32 Å². The minimum Gasteiger partial charge on any atom is -0.436 e. The molecule has 0 aliphatic heterocycles. The molecule has 24 heavy (non-hydrogen) atoms. The highest BCUT2D eigenvalue weighted by molar-refractivity contribution is 5.76. The maximum atomic E-state index is 9.04. The predicted octanol–water partition coefficient (Wildman–Crippen LogP) is 3.73. The lowest BCUT2D eigenvalue weighted by molar-refractivity contribution is 0.620. The van der Waals surface area contributed by atoms with Crippen molar-refractivity contribution >= 4 is 16.8 Å². The van der Waals surface area contributed by atoms with Gasteiger partial charge in [0.1, 0.15) is 29.4 Å². The maximum Gasteiger partial charge on any atom is 0.227 e. The number of nitrogens with one attached hydrogen (secondary N) is 1. The smallest absolute Gasteiger partial charge is 0.227 e. The normalized spacial score (nSPS) is 9.54. The fourth-order valence-electron chi connectivity index (χ4n) is 2.12. The molecule has 1 N–H and O–H groups in total. The number of rotatable bonds is 3. The molecule has 0 spiro atoms. The van der Waals surface area contributed by atoms with Gasteiger partial charge in [0, 0.05) is 11.3 Å². The van der Waals surface area contributed by atoms with Crippen molar-refractivity contribution < 1.29 is 4.42 Å². The largest absolute Gasteiger partial charge is 0.436 e. The monoisotopic (exact) mass is 311 g/mol. The van der Waals surface area contributed by atoms with Crippen molar-refractivity contribution in [3.63, 3.8) is 0 Å². The third-order valence-corrected chi connectivity index (χ3v) is 3.28. The Morgan fingerprint density at radius 3 is 2.25 bits per heavy atom. The van der Waals surface area contributed by atoms with E-state index < -0.39 is 0 Å². The van der Waals surface area contributed by atoms with Crippen LogP contribution in [0.15, 0.2) is 64.2 Å². The fraction of sp³-hybridized carbons (Fsp3) is 0. The molecule has 0 saturated carbocycles. The lowest BCUT2D eigenvalue weighted by Gasteiger charge is -2.04. The first-order chi connectivity index (χ1) is 11.7. The van der Waals surface area contributed by atoms with Crippen LogP contribution in [0.2, 0.25) is 0 Å². The summed E-state index contributed by atoms with van der Waals surface area (Å²) in [6.45, 7) is 0. The van der Waals surface area contributed by atoms with E-state index in [1.165, 1.54) is 0 Å². The van der Waals surface area contributed by atoms with Crippen LogP contribution in [0.25, 0.3) is 22.6 Å². The highest BCUT2D eigenvalue weighted by Gasteiger charge is 2.09. The van der Waals surface area contributed by atoms with E-state index in [9.17, 15) is 0 Å². The Hall–Kier alpha value is -4.08. The van der Waals surface area contributed by atoms with Crippen LogP contribution in [0.1, 0.15) is 0 Å². The third-order valence-electron chi connectivity index (χ3n) is 3.28. The molecule has 0 saturated heterocycles. The van der Waals surface area contributed by atoms with E-state index in [4.69, 9.17) is 20.2 Å². The Balaban J connectivity index is 1.89. The summed E-state index contributed by atoms with van der Waals surface area (Å²) in [5, 5.41) is 29.4. The number of hydrogen-bond acceptors (Lipinski definition) is 6. The highest BCUT2D eigenvalue weighted by atomic mass is 16.3. The first kappa shape index (κ1) is 14.8. The highest BCUT2D eigenvalue weighted by Crippen LogP contribution is 2.25. The number of nitrogens with zero attached hydrogens (tertiary/aromatic N) is 4. The van der Waals surface area contributed by atoms with E-state index in [0.29, 0.717) is 17.2 Å². The summed E-state index contributed by atoms with van der Waals surface area (Å²) in [5.74, 6) is 0.494. The minimum atomic E-state index is -0.263. The molecule has 0 aliphatic carbocycles.